The molecule has 0 aromatic rings. The maximum atomic E-state index is 8.26. The van der Waals surface area contributed by atoms with Crippen LogP contribution in [0.4, 0.5) is 0 Å². The number of aliphatic hydroxyl groups is 2. The molecule has 6 heteroatoms. The smallest absolute Gasteiger partial charge is 0.0701 e. The fraction of sp³-hybridized carbons (Fsp3) is 0.778. The van der Waals surface area contributed by atoms with E-state index in [9.17, 15) is 0 Å². The van der Waals surface area contributed by atoms with Crippen LogP contribution in [0.3, 0.4) is 0 Å². The highest BCUT2D eigenvalue weighted by Gasteiger charge is 1.86. The van der Waals surface area contributed by atoms with Crippen molar-refractivity contribution in [3.63, 3.8) is 0 Å². The molecule has 0 amide bonds. The fourth-order valence-electron chi connectivity index (χ4n) is 0.451. The lowest BCUT2D eigenvalue weighted by Crippen LogP contribution is -2.09. The first-order chi connectivity index (χ1) is 6.33. The zero-order chi connectivity index (χ0) is 10.4. The van der Waals surface area contributed by atoms with Crippen LogP contribution in [0.2, 0.25) is 0 Å². The molecule has 0 aromatic carbocycles. The molecule has 0 unspecified atom stereocenters. The van der Waals surface area contributed by atoms with Crippen molar-refractivity contribution in [2.24, 2.45) is 0 Å². The second-order valence-electron chi connectivity index (χ2n) is 2.08. The Labute approximate surface area is 92.1 Å². The number of allylic oxidation sites excluding steroid dienone is 1. The Morgan fingerprint density at radius 1 is 0.933 bits per heavy atom. The lowest BCUT2D eigenvalue weighted by molar-refractivity contribution is 0.0222. The molecule has 0 rings (SSSR count). The third-order valence-corrected chi connectivity index (χ3v) is 0.843. The maximum Gasteiger partial charge on any atom is 0.0701 e. The van der Waals surface area contributed by atoms with Crippen LogP contribution in [0.25, 0.3) is 0 Å². The van der Waals surface area contributed by atoms with Gasteiger partial charge in [-0.1, -0.05) is 6.08 Å². The first-order valence-electron chi connectivity index (χ1n) is 4.27. The maximum absolute atomic E-state index is 8.26. The van der Waals surface area contributed by atoms with E-state index in [2.05, 4.69) is 6.58 Å². The lowest BCUT2D eigenvalue weighted by atomic mass is 10.7. The summed E-state index contributed by atoms with van der Waals surface area (Å²) < 4.78 is 9.75. The van der Waals surface area contributed by atoms with E-state index in [1.807, 2.05) is 6.92 Å². The second kappa shape index (κ2) is 29.2. The van der Waals surface area contributed by atoms with Crippen molar-refractivity contribution in [2.75, 3.05) is 39.6 Å². The first-order valence-corrected chi connectivity index (χ1v) is 4.27. The Bertz CT molecular complexity index is 86.2. The molecule has 0 bridgehead atoms. The third kappa shape index (κ3) is 42.3. The van der Waals surface area contributed by atoms with Gasteiger partial charge in [-0.3, -0.25) is 0 Å². The van der Waals surface area contributed by atoms with Crippen LogP contribution >= 0.6 is 0 Å². The molecule has 0 aromatic heterocycles. The molecule has 0 aliphatic carbocycles. The normalized spacial score (nSPS) is 7.67. The van der Waals surface area contributed by atoms with E-state index in [-0.39, 0.29) is 25.5 Å². The van der Waals surface area contributed by atoms with E-state index in [1.165, 1.54) is 0 Å². The van der Waals surface area contributed by atoms with Crippen LogP contribution in [-0.4, -0.2) is 49.9 Å². The molecule has 0 aliphatic rings. The molecule has 0 atom stereocenters. The van der Waals surface area contributed by atoms with Crippen molar-refractivity contribution in [3.8, 4) is 0 Å². The summed E-state index contributed by atoms with van der Waals surface area (Å²) in [5.41, 5.74) is 0. The van der Waals surface area contributed by atoms with Gasteiger partial charge in [0.25, 0.3) is 0 Å². The zero-order valence-electron chi connectivity index (χ0n) is 9.65. The van der Waals surface area contributed by atoms with Gasteiger partial charge < -0.3 is 32.0 Å². The van der Waals surface area contributed by atoms with Gasteiger partial charge in [0, 0.05) is 0 Å². The fourth-order valence-corrected chi connectivity index (χ4v) is 0.451. The van der Waals surface area contributed by atoms with Crippen LogP contribution in [-0.2, 0) is 9.47 Å². The Hall–Kier alpha value is -0.500. The van der Waals surface area contributed by atoms with Crippen molar-refractivity contribution in [2.45, 2.75) is 6.92 Å². The second-order valence-corrected chi connectivity index (χ2v) is 2.08. The average molecular weight is 226 g/mol. The van der Waals surface area contributed by atoms with E-state index in [0.717, 1.165) is 0 Å². The van der Waals surface area contributed by atoms with E-state index >= 15 is 0 Å². The van der Waals surface area contributed by atoms with Crippen LogP contribution in [0.1, 0.15) is 6.92 Å². The Balaban J connectivity index is -0.000000108. The summed E-state index contributed by atoms with van der Waals surface area (Å²) in [6, 6.07) is 0. The van der Waals surface area contributed by atoms with Gasteiger partial charge in [0.2, 0.25) is 0 Å². The van der Waals surface area contributed by atoms with Gasteiger partial charge in [0.05, 0.1) is 39.6 Å². The van der Waals surface area contributed by atoms with Crippen LogP contribution in [0.15, 0.2) is 12.7 Å². The highest BCUT2D eigenvalue weighted by molar-refractivity contribution is 4.51. The van der Waals surface area contributed by atoms with Crippen molar-refractivity contribution in [1.29, 1.82) is 0 Å². The molecule has 0 radical (unpaired) electrons. The topological polar surface area (TPSA) is 129 Å². The monoisotopic (exact) mass is 226 g/mol. The molecule has 0 saturated heterocycles. The molecular formula is C9H26N2O4. The van der Waals surface area contributed by atoms with Gasteiger partial charge in [-0.2, -0.15) is 0 Å². The summed E-state index contributed by atoms with van der Waals surface area (Å²) in [6.07, 6.45) is 1.75. The minimum Gasteiger partial charge on any atom is -0.394 e. The van der Waals surface area contributed by atoms with Gasteiger partial charge >= 0.3 is 0 Å². The van der Waals surface area contributed by atoms with E-state index in [1.54, 1.807) is 6.08 Å². The van der Waals surface area contributed by atoms with E-state index in [4.69, 9.17) is 19.7 Å². The van der Waals surface area contributed by atoms with Crippen molar-refractivity contribution in [1.82, 2.24) is 12.3 Å². The largest absolute Gasteiger partial charge is 0.394 e. The molecule has 0 spiro atoms. The first kappa shape index (κ1) is 24.0. The number of hydrogen-bond donors (Lipinski definition) is 4. The lowest BCUT2D eigenvalue weighted by Gasteiger charge is -2.01. The quantitative estimate of drug-likeness (QED) is 0.370. The highest BCUT2D eigenvalue weighted by Crippen LogP contribution is 1.76. The molecule has 8 N–H and O–H groups in total. The van der Waals surface area contributed by atoms with E-state index < -0.39 is 0 Å². The Kier molecular flexibility index (Phi) is 46.7. The molecule has 0 aliphatic heterocycles. The van der Waals surface area contributed by atoms with Gasteiger partial charge in [-0.05, 0) is 6.92 Å². The summed E-state index contributed by atoms with van der Waals surface area (Å²) in [5, 5.41) is 16.5. The molecule has 0 saturated carbocycles. The van der Waals surface area contributed by atoms with Gasteiger partial charge in [-0.15, -0.1) is 6.58 Å². The van der Waals surface area contributed by atoms with Crippen LogP contribution in [0.5, 0.6) is 0 Å². The van der Waals surface area contributed by atoms with Crippen molar-refractivity contribution < 1.29 is 19.7 Å². The highest BCUT2D eigenvalue weighted by atomic mass is 16.5. The molecular weight excluding hydrogens is 200 g/mol. The standard InChI is InChI=1S/C6H14O4.C3H6.2H3N/c7-1-3-9-5-6-10-4-2-8;1-3-2;;/h7-8H,1-6H2;3H,1H2,2H3;2*1H3. The summed E-state index contributed by atoms with van der Waals surface area (Å²) in [7, 11) is 0. The number of ether oxygens (including phenoxy) is 2. The minimum absolute atomic E-state index is 0. The van der Waals surface area contributed by atoms with Crippen molar-refractivity contribution >= 4 is 0 Å². The predicted octanol–water partition coefficient (Wildman–Crippen LogP) is 0.521. The Morgan fingerprint density at radius 3 is 1.40 bits per heavy atom. The van der Waals surface area contributed by atoms with Crippen molar-refractivity contribution in [3.05, 3.63) is 12.7 Å². The number of hydrogen-bond acceptors (Lipinski definition) is 6. The minimum atomic E-state index is 0. The summed E-state index contributed by atoms with van der Waals surface area (Å²) in [6.45, 7) is 6.98. The van der Waals surface area contributed by atoms with Gasteiger partial charge in [-0.25, -0.2) is 0 Å². The zero-order valence-corrected chi connectivity index (χ0v) is 9.65. The molecule has 0 fully saturated rings. The van der Waals surface area contributed by atoms with Crippen LogP contribution < -0.4 is 12.3 Å². The Morgan fingerprint density at radius 2 is 1.20 bits per heavy atom. The van der Waals surface area contributed by atoms with Gasteiger partial charge in [0.15, 0.2) is 0 Å². The van der Waals surface area contributed by atoms with Gasteiger partial charge in [0.1, 0.15) is 0 Å². The summed E-state index contributed by atoms with van der Waals surface area (Å²) >= 11 is 0. The average Bonchev–Trinajstić information content (AvgIpc) is 2.13. The SMILES string of the molecule is C=CC.N.N.OCCOCCOCCO. The number of rotatable bonds is 7. The summed E-state index contributed by atoms with van der Waals surface area (Å²) in [5.74, 6) is 0. The van der Waals surface area contributed by atoms with E-state index in [0.29, 0.717) is 26.4 Å². The molecule has 0 heterocycles. The molecule has 15 heavy (non-hydrogen) atoms. The summed E-state index contributed by atoms with van der Waals surface area (Å²) in [4.78, 5) is 0. The molecule has 96 valence electrons. The number of aliphatic hydroxyl groups excluding tert-OH is 2. The predicted molar refractivity (Wildman–Crippen MR) is 61.7 cm³/mol. The molecule has 6 nitrogen and oxygen atoms in total. The third-order valence-electron chi connectivity index (χ3n) is 0.843. The van der Waals surface area contributed by atoms with Crippen LogP contribution in [0, 0.1) is 0 Å².